The quantitative estimate of drug-likeness (QED) is 0.923. The largest absolute Gasteiger partial charge is 0.329 e. The fraction of sp³-hybridized carbons (Fsp3) is 0.500. The summed E-state index contributed by atoms with van der Waals surface area (Å²) in [5.74, 6) is -0.242. The van der Waals surface area contributed by atoms with Crippen molar-refractivity contribution in [2.24, 2.45) is 5.73 Å². The maximum absolute atomic E-state index is 13.4. The highest BCUT2D eigenvalue weighted by atomic mass is 79.9. The van der Waals surface area contributed by atoms with Gasteiger partial charge in [-0.25, -0.2) is 4.39 Å². The second-order valence-electron chi connectivity index (χ2n) is 4.18. The highest BCUT2D eigenvalue weighted by Gasteiger charge is 2.18. The topological polar surface area (TPSA) is 29.3 Å². The SMILES string of the molecule is CC(C)N(C)C(CN)c1ccc(Br)c(F)c1. The van der Waals surface area contributed by atoms with Crippen LogP contribution < -0.4 is 5.73 Å². The number of likely N-dealkylation sites (N-methyl/N-ethyl adjacent to an activating group) is 1. The Morgan fingerprint density at radius 3 is 2.50 bits per heavy atom. The lowest BCUT2D eigenvalue weighted by atomic mass is 10.0. The van der Waals surface area contributed by atoms with Crippen LogP contribution in [-0.2, 0) is 0 Å². The fourth-order valence-corrected chi connectivity index (χ4v) is 1.86. The van der Waals surface area contributed by atoms with Gasteiger partial charge in [0.15, 0.2) is 0 Å². The molecule has 0 bridgehead atoms. The molecular formula is C12H18BrFN2. The van der Waals surface area contributed by atoms with Gasteiger partial charge < -0.3 is 5.73 Å². The molecule has 0 aliphatic heterocycles. The van der Waals surface area contributed by atoms with Gasteiger partial charge in [0.25, 0.3) is 0 Å². The Kier molecular flexibility index (Phi) is 4.89. The third kappa shape index (κ3) is 3.03. The molecule has 16 heavy (non-hydrogen) atoms. The minimum atomic E-state index is -0.242. The van der Waals surface area contributed by atoms with Crippen molar-refractivity contribution >= 4 is 15.9 Å². The van der Waals surface area contributed by atoms with Gasteiger partial charge in [0.1, 0.15) is 5.82 Å². The minimum absolute atomic E-state index is 0.0580. The molecule has 0 aliphatic rings. The van der Waals surface area contributed by atoms with Crippen LogP contribution in [0.2, 0.25) is 0 Å². The van der Waals surface area contributed by atoms with Crippen LogP contribution in [0.4, 0.5) is 4.39 Å². The van der Waals surface area contributed by atoms with Crippen molar-refractivity contribution in [2.75, 3.05) is 13.6 Å². The van der Waals surface area contributed by atoms with E-state index in [4.69, 9.17) is 5.73 Å². The van der Waals surface area contributed by atoms with Crippen LogP contribution >= 0.6 is 15.9 Å². The Morgan fingerprint density at radius 2 is 2.06 bits per heavy atom. The highest BCUT2D eigenvalue weighted by molar-refractivity contribution is 9.10. The number of nitrogens with two attached hydrogens (primary N) is 1. The zero-order chi connectivity index (χ0) is 12.3. The van der Waals surface area contributed by atoms with Gasteiger partial charge >= 0.3 is 0 Å². The molecule has 1 aromatic carbocycles. The van der Waals surface area contributed by atoms with E-state index in [1.165, 1.54) is 0 Å². The van der Waals surface area contributed by atoms with E-state index < -0.39 is 0 Å². The van der Waals surface area contributed by atoms with Crippen molar-refractivity contribution in [1.29, 1.82) is 0 Å². The smallest absolute Gasteiger partial charge is 0.137 e. The van der Waals surface area contributed by atoms with Crippen LogP contribution in [0.25, 0.3) is 0 Å². The van der Waals surface area contributed by atoms with Crippen molar-refractivity contribution < 1.29 is 4.39 Å². The Bertz CT molecular complexity index is 355. The second kappa shape index (κ2) is 5.75. The maximum atomic E-state index is 13.4. The molecule has 4 heteroatoms. The van der Waals surface area contributed by atoms with Gasteiger partial charge in [-0.3, -0.25) is 4.90 Å². The Morgan fingerprint density at radius 1 is 1.44 bits per heavy atom. The summed E-state index contributed by atoms with van der Waals surface area (Å²) in [6, 6.07) is 5.61. The lowest BCUT2D eigenvalue weighted by Gasteiger charge is -2.30. The summed E-state index contributed by atoms with van der Waals surface area (Å²) in [6.07, 6.45) is 0. The number of rotatable bonds is 4. The summed E-state index contributed by atoms with van der Waals surface area (Å²) in [7, 11) is 2.00. The normalized spacial score (nSPS) is 13.5. The van der Waals surface area contributed by atoms with Gasteiger partial charge in [-0.2, -0.15) is 0 Å². The Balaban J connectivity index is 2.99. The average molecular weight is 289 g/mol. The van der Waals surface area contributed by atoms with E-state index in [9.17, 15) is 4.39 Å². The Labute approximate surface area is 105 Å². The van der Waals surface area contributed by atoms with Crippen molar-refractivity contribution in [2.45, 2.75) is 25.9 Å². The molecule has 0 heterocycles. The lowest BCUT2D eigenvalue weighted by molar-refractivity contribution is 0.201. The number of halogens is 2. The molecule has 1 rings (SSSR count). The molecule has 0 spiro atoms. The molecule has 0 aromatic heterocycles. The van der Waals surface area contributed by atoms with Gasteiger partial charge in [0.05, 0.1) is 4.47 Å². The van der Waals surface area contributed by atoms with Crippen LogP contribution in [0, 0.1) is 5.82 Å². The first-order valence-corrected chi connectivity index (χ1v) is 6.13. The van der Waals surface area contributed by atoms with Gasteiger partial charge in [-0.1, -0.05) is 6.07 Å². The molecule has 0 saturated carbocycles. The molecule has 0 aliphatic carbocycles. The summed E-state index contributed by atoms with van der Waals surface area (Å²) in [5.41, 5.74) is 6.67. The van der Waals surface area contributed by atoms with E-state index in [-0.39, 0.29) is 11.9 Å². The van der Waals surface area contributed by atoms with Gasteiger partial charge in [0, 0.05) is 18.6 Å². The van der Waals surface area contributed by atoms with Crippen molar-refractivity contribution in [3.8, 4) is 0 Å². The first kappa shape index (κ1) is 13.6. The van der Waals surface area contributed by atoms with Gasteiger partial charge in [-0.05, 0) is 54.5 Å². The van der Waals surface area contributed by atoms with E-state index >= 15 is 0 Å². The molecule has 0 radical (unpaired) electrons. The highest BCUT2D eigenvalue weighted by Crippen LogP contribution is 2.24. The molecule has 1 unspecified atom stereocenters. The summed E-state index contributed by atoms with van der Waals surface area (Å²) >= 11 is 3.15. The van der Waals surface area contributed by atoms with Gasteiger partial charge in [-0.15, -0.1) is 0 Å². The number of nitrogens with zero attached hydrogens (tertiary/aromatic N) is 1. The maximum Gasteiger partial charge on any atom is 0.137 e. The molecule has 0 saturated heterocycles. The van der Waals surface area contributed by atoms with E-state index in [1.807, 2.05) is 13.1 Å². The van der Waals surface area contributed by atoms with Crippen LogP contribution in [0.15, 0.2) is 22.7 Å². The molecule has 0 amide bonds. The van der Waals surface area contributed by atoms with Crippen LogP contribution in [-0.4, -0.2) is 24.5 Å². The van der Waals surface area contributed by atoms with Gasteiger partial charge in [0.2, 0.25) is 0 Å². The predicted molar refractivity (Wildman–Crippen MR) is 68.8 cm³/mol. The third-order valence-corrected chi connectivity index (χ3v) is 3.50. The summed E-state index contributed by atoms with van der Waals surface area (Å²) in [4.78, 5) is 2.14. The number of benzene rings is 1. The van der Waals surface area contributed by atoms with Crippen LogP contribution in [0.1, 0.15) is 25.5 Å². The fourth-order valence-electron chi connectivity index (χ4n) is 1.62. The molecule has 90 valence electrons. The van der Waals surface area contributed by atoms with Crippen molar-refractivity contribution in [1.82, 2.24) is 4.90 Å². The summed E-state index contributed by atoms with van der Waals surface area (Å²) < 4.78 is 13.9. The molecular weight excluding hydrogens is 271 g/mol. The first-order chi connectivity index (χ1) is 7.47. The van der Waals surface area contributed by atoms with E-state index in [0.29, 0.717) is 17.1 Å². The number of hydrogen-bond acceptors (Lipinski definition) is 2. The standard InChI is InChI=1S/C12H18BrFN2/c1-8(2)16(3)12(7-15)9-4-5-10(13)11(14)6-9/h4-6,8,12H,7,15H2,1-3H3. The minimum Gasteiger partial charge on any atom is -0.329 e. The van der Waals surface area contributed by atoms with Crippen molar-refractivity contribution in [3.63, 3.8) is 0 Å². The molecule has 2 N–H and O–H groups in total. The summed E-state index contributed by atoms with van der Waals surface area (Å²) in [6.45, 7) is 4.67. The third-order valence-electron chi connectivity index (χ3n) is 2.86. The predicted octanol–water partition coefficient (Wildman–Crippen LogP) is 2.93. The number of hydrogen-bond donors (Lipinski definition) is 1. The zero-order valence-corrected chi connectivity index (χ0v) is 11.5. The van der Waals surface area contributed by atoms with E-state index in [2.05, 4.69) is 34.7 Å². The molecule has 1 aromatic rings. The van der Waals surface area contributed by atoms with Crippen LogP contribution in [0.5, 0.6) is 0 Å². The molecule has 2 nitrogen and oxygen atoms in total. The van der Waals surface area contributed by atoms with E-state index in [1.54, 1.807) is 12.1 Å². The van der Waals surface area contributed by atoms with Crippen LogP contribution in [0.3, 0.4) is 0 Å². The monoisotopic (exact) mass is 288 g/mol. The first-order valence-electron chi connectivity index (χ1n) is 5.34. The molecule has 1 atom stereocenters. The van der Waals surface area contributed by atoms with Crippen molar-refractivity contribution in [3.05, 3.63) is 34.1 Å². The second-order valence-corrected chi connectivity index (χ2v) is 5.04. The lowest BCUT2D eigenvalue weighted by Crippen LogP contribution is -2.35. The van der Waals surface area contributed by atoms with E-state index in [0.717, 1.165) is 5.56 Å². The average Bonchev–Trinajstić information content (AvgIpc) is 2.24. The molecule has 0 fully saturated rings. The Hall–Kier alpha value is -0.450. The zero-order valence-electron chi connectivity index (χ0n) is 9.87. The summed E-state index contributed by atoms with van der Waals surface area (Å²) in [5, 5.41) is 0.